The second-order valence-corrected chi connectivity index (χ2v) is 7.54. The first kappa shape index (κ1) is 21.9. The van der Waals surface area contributed by atoms with Crippen LogP contribution in [0.4, 0.5) is 0 Å². The van der Waals surface area contributed by atoms with Crippen molar-refractivity contribution in [1.29, 1.82) is 0 Å². The molecule has 1 heterocycles. The summed E-state index contributed by atoms with van der Waals surface area (Å²) in [4.78, 5) is 17.2. The molecule has 0 aliphatic heterocycles. The summed E-state index contributed by atoms with van der Waals surface area (Å²) in [6.45, 7) is 7.66. The number of carbonyl (C=O) groups excluding carboxylic acids is 1. The van der Waals surface area contributed by atoms with Crippen molar-refractivity contribution in [2.75, 3.05) is 32.1 Å². The van der Waals surface area contributed by atoms with Crippen LogP contribution in [-0.4, -0.2) is 43.0 Å². The van der Waals surface area contributed by atoms with E-state index in [1.165, 1.54) is 10.3 Å². The maximum atomic E-state index is 12.7. The normalized spacial score (nSPS) is 10.8. The molecule has 2 aromatic carbocycles. The summed E-state index contributed by atoms with van der Waals surface area (Å²) in [6.07, 6.45) is 2.01. The molecule has 0 aliphatic carbocycles. The number of nitrogens with one attached hydrogen (secondary N) is 2. The van der Waals surface area contributed by atoms with Crippen LogP contribution in [0.15, 0.2) is 47.5 Å². The topological polar surface area (TPSA) is 72.6 Å². The number of hydrogen-bond donors (Lipinski definition) is 2. The summed E-state index contributed by atoms with van der Waals surface area (Å²) in [5.41, 5.74) is 1.60. The number of hydrogen-bond acceptors (Lipinski definition) is 5. The number of amides is 1. The van der Waals surface area contributed by atoms with Gasteiger partial charge < -0.3 is 24.5 Å². The van der Waals surface area contributed by atoms with Crippen LogP contribution < -0.4 is 19.5 Å². The predicted molar refractivity (Wildman–Crippen MR) is 121 cm³/mol. The Labute approximate surface area is 181 Å². The van der Waals surface area contributed by atoms with Gasteiger partial charge in [-0.15, -0.1) is 11.8 Å². The highest BCUT2D eigenvalue weighted by atomic mass is 32.2. The molecule has 0 fully saturated rings. The van der Waals surface area contributed by atoms with E-state index in [-0.39, 0.29) is 5.91 Å². The fourth-order valence-electron chi connectivity index (χ4n) is 3.11. The van der Waals surface area contributed by atoms with E-state index in [9.17, 15) is 4.79 Å². The van der Waals surface area contributed by atoms with Crippen molar-refractivity contribution in [1.82, 2.24) is 10.3 Å². The molecule has 0 saturated carbocycles. The van der Waals surface area contributed by atoms with Crippen LogP contribution in [0.25, 0.3) is 10.9 Å². The Morgan fingerprint density at radius 1 is 1.00 bits per heavy atom. The average Bonchev–Trinajstić information content (AvgIpc) is 3.16. The summed E-state index contributed by atoms with van der Waals surface area (Å²) >= 11 is 1.71. The second kappa shape index (κ2) is 10.8. The molecule has 30 heavy (non-hydrogen) atoms. The molecule has 3 rings (SSSR count). The van der Waals surface area contributed by atoms with Crippen LogP contribution in [0.3, 0.4) is 0 Å². The SMILES string of the molecule is CCOc1cc(C(=O)NCCSc2c[nH]c3ccccc23)cc(OCC)c1OCC. The maximum absolute atomic E-state index is 12.7. The largest absolute Gasteiger partial charge is 0.490 e. The van der Waals surface area contributed by atoms with Crippen molar-refractivity contribution >= 4 is 28.6 Å². The molecule has 6 nitrogen and oxygen atoms in total. The summed E-state index contributed by atoms with van der Waals surface area (Å²) in [5.74, 6) is 2.17. The monoisotopic (exact) mass is 428 g/mol. The third kappa shape index (κ3) is 5.21. The number of aromatic amines is 1. The zero-order chi connectivity index (χ0) is 21.3. The van der Waals surface area contributed by atoms with Crippen molar-refractivity contribution < 1.29 is 19.0 Å². The highest BCUT2D eigenvalue weighted by Gasteiger charge is 2.18. The fourth-order valence-corrected chi connectivity index (χ4v) is 4.01. The van der Waals surface area contributed by atoms with Crippen molar-refractivity contribution in [3.05, 3.63) is 48.2 Å². The highest BCUT2D eigenvalue weighted by molar-refractivity contribution is 7.99. The van der Waals surface area contributed by atoms with Gasteiger partial charge in [-0.1, -0.05) is 18.2 Å². The molecular weight excluding hydrogens is 400 g/mol. The minimum Gasteiger partial charge on any atom is -0.490 e. The van der Waals surface area contributed by atoms with Crippen LogP contribution in [0.2, 0.25) is 0 Å². The lowest BCUT2D eigenvalue weighted by molar-refractivity contribution is 0.0955. The molecule has 0 bridgehead atoms. The maximum Gasteiger partial charge on any atom is 0.251 e. The van der Waals surface area contributed by atoms with Gasteiger partial charge in [0.15, 0.2) is 11.5 Å². The van der Waals surface area contributed by atoms with E-state index in [1.54, 1.807) is 23.9 Å². The van der Waals surface area contributed by atoms with Gasteiger partial charge in [0.25, 0.3) is 5.91 Å². The van der Waals surface area contributed by atoms with Gasteiger partial charge in [-0.05, 0) is 39.0 Å². The molecular formula is C23H28N2O4S. The smallest absolute Gasteiger partial charge is 0.251 e. The van der Waals surface area contributed by atoms with E-state index in [0.717, 1.165) is 11.3 Å². The average molecular weight is 429 g/mol. The molecule has 2 N–H and O–H groups in total. The third-order valence-electron chi connectivity index (χ3n) is 4.37. The Balaban J connectivity index is 1.65. The van der Waals surface area contributed by atoms with Crippen molar-refractivity contribution in [3.8, 4) is 17.2 Å². The number of carbonyl (C=O) groups is 1. The van der Waals surface area contributed by atoms with Gasteiger partial charge in [-0.25, -0.2) is 0 Å². The van der Waals surface area contributed by atoms with E-state index in [0.29, 0.717) is 49.2 Å². The standard InChI is InChI=1S/C23H28N2O4S/c1-4-27-19-13-16(14-20(28-5-2)22(19)29-6-3)23(26)24-11-12-30-21-15-25-18-10-8-7-9-17(18)21/h7-10,13-15,25H,4-6,11-12H2,1-3H3,(H,24,26). The van der Waals surface area contributed by atoms with Gasteiger partial charge in [0, 0.05) is 39.9 Å². The molecule has 1 aromatic heterocycles. The second-order valence-electron chi connectivity index (χ2n) is 6.40. The molecule has 160 valence electrons. The number of thioether (sulfide) groups is 1. The van der Waals surface area contributed by atoms with Gasteiger partial charge >= 0.3 is 0 Å². The van der Waals surface area contributed by atoms with Crippen LogP contribution >= 0.6 is 11.8 Å². The first-order chi connectivity index (χ1) is 14.7. The van der Waals surface area contributed by atoms with Gasteiger partial charge in [0.1, 0.15) is 0 Å². The Hall–Kier alpha value is -2.80. The van der Waals surface area contributed by atoms with E-state index in [2.05, 4.69) is 22.4 Å². The Morgan fingerprint density at radius 2 is 1.67 bits per heavy atom. The van der Waals surface area contributed by atoms with Crippen molar-refractivity contribution in [3.63, 3.8) is 0 Å². The van der Waals surface area contributed by atoms with Gasteiger partial charge in [0.05, 0.1) is 19.8 Å². The van der Waals surface area contributed by atoms with Crippen LogP contribution in [0.5, 0.6) is 17.2 Å². The van der Waals surface area contributed by atoms with Gasteiger partial charge in [-0.3, -0.25) is 4.79 Å². The number of rotatable bonds is 11. The molecule has 0 spiro atoms. The Bertz CT molecular complexity index is 959. The van der Waals surface area contributed by atoms with E-state index in [1.807, 2.05) is 39.1 Å². The molecule has 1 amide bonds. The third-order valence-corrected chi connectivity index (χ3v) is 5.42. The summed E-state index contributed by atoms with van der Waals surface area (Å²) in [7, 11) is 0. The number of ether oxygens (including phenoxy) is 3. The van der Waals surface area contributed by atoms with Crippen LogP contribution in [0.1, 0.15) is 31.1 Å². The first-order valence-electron chi connectivity index (χ1n) is 10.2. The highest BCUT2D eigenvalue weighted by Crippen LogP contribution is 2.39. The minimum absolute atomic E-state index is 0.167. The number of benzene rings is 2. The van der Waals surface area contributed by atoms with Crippen LogP contribution in [0, 0.1) is 0 Å². The number of H-pyrrole nitrogens is 1. The van der Waals surface area contributed by atoms with Gasteiger partial charge in [-0.2, -0.15) is 0 Å². The molecule has 0 radical (unpaired) electrons. The summed E-state index contributed by atoms with van der Waals surface area (Å²) in [6, 6.07) is 11.6. The Kier molecular flexibility index (Phi) is 7.90. The van der Waals surface area contributed by atoms with E-state index in [4.69, 9.17) is 14.2 Å². The van der Waals surface area contributed by atoms with Crippen molar-refractivity contribution in [2.24, 2.45) is 0 Å². The lowest BCUT2D eigenvalue weighted by Crippen LogP contribution is -2.25. The zero-order valence-corrected chi connectivity index (χ0v) is 18.4. The molecule has 0 unspecified atom stereocenters. The molecule has 0 aliphatic rings. The van der Waals surface area contributed by atoms with Crippen molar-refractivity contribution in [2.45, 2.75) is 25.7 Å². The lowest BCUT2D eigenvalue weighted by atomic mass is 10.1. The zero-order valence-electron chi connectivity index (χ0n) is 17.6. The number of aromatic nitrogens is 1. The minimum atomic E-state index is -0.167. The first-order valence-corrected chi connectivity index (χ1v) is 11.2. The van der Waals surface area contributed by atoms with Gasteiger partial charge in [0.2, 0.25) is 5.75 Å². The summed E-state index contributed by atoms with van der Waals surface area (Å²) < 4.78 is 17.1. The molecule has 0 saturated heterocycles. The quantitative estimate of drug-likeness (QED) is 0.336. The number of fused-ring (bicyclic) bond motifs is 1. The predicted octanol–water partition coefficient (Wildman–Crippen LogP) is 4.89. The molecule has 0 atom stereocenters. The molecule has 7 heteroatoms. The molecule has 3 aromatic rings. The van der Waals surface area contributed by atoms with E-state index < -0.39 is 0 Å². The fraction of sp³-hybridized carbons (Fsp3) is 0.348. The Morgan fingerprint density at radius 3 is 2.33 bits per heavy atom. The summed E-state index contributed by atoms with van der Waals surface area (Å²) in [5, 5.41) is 4.17. The van der Waals surface area contributed by atoms with Crippen LogP contribution in [-0.2, 0) is 0 Å². The lowest BCUT2D eigenvalue weighted by Gasteiger charge is -2.17. The number of para-hydroxylation sites is 1. The van der Waals surface area contributed by atoms with E-state index >= 15 is 0 Å².